The molecule has 134 valence electrons. The van der Waals surface area contributed by atoms with Crippen molar-refractivity contribution < 1.29 is 4.79 Å². The zero-order chi connectivity index (χ0) is 19.4. The van der Waals surface area contributed by atoms with Crippen LogP contribution in [0.5, 0.6) is 0 Å². The Morgan fingerprint density at radius 3 is 2.63 bits per heavy atom. The topological polar surface area (TPSA) is 112 Å². The maximum atomic E-state index is 12.7. The summed E-state index contributed by atoms with van der Waals surface area (Å²) in [6, 6.07) is 15.9. The number of anilines is 1. The number of hydrazone groups is 1. The van der Waals surface area contributed by atoms with Crippen molar-refractivity contribution >= 4 is 28.2 Å². The standard InChI is InChI=1S/C19H16N6O2/c1-12-8-9-16-15(10-12)19(27)25(13(2)21-16)24-18(26)17(11-20)23-22-14-6-4-3-5-7-14/h3-10,22H,1-2H3,(H,24,26)/b23-17+. The number of hydrogen-bond donors (Lipinski definition) is 2. The van der Waals surface area contributed by atoms with Crippen molar-refractivity contribution in [2.75, 3.05) is 10.9 Å². The van der Waals surface area contributed by atoms with Crippen LogP contribution in [0.15, 0.2) is 58.4 Å². The van der Waals surface area contributed by atoms with Gasteiger partial charge < -0.3 is 0 Å². The molecule has 0 saturated heterocycles. The monoisotopic (exact) mass is 360 g/mol. The van der Waals surface area contributed by atoms with Gasteiger partial charge in [-0.2, -0.15) is 10.4 Å². The lowest BCUT2D eigenvalue weighted by Crippen LogP contribution is -2.38. The minimum Gasteiger partial charge on any atom is -0.277 e. The number of nitrogens with zero attached hydrogens (tertiary/aromatic N) is 4. The fourth-order valence-corrected chi connectivity index (χ4v) is 2.46. The van der Waals surface area contributed by atoms with Gasteiger partial charge in [-0.15, -0.1) is 0 Å². The molecule has 0 bridgehead atoms. The first-order chi connectivity index (χ1) is 13.0. The Labute approximate surface area is 154 Å². The molecule has 2 aromatic carbocycles. The quantitative estimate of drug-likeness (QED) is 0.546. The van der Waals surface area contributed by atoms with Gasteiger partial charge in [0.05, 0.1) is 16.6 Å². The van der Waals surface area contributed by atoms with E-state index in [2.05, 4.69) is 20.9 Å². The summed E-state index contributed by atoms with van der Waals surface area (Å²) < 4.78 is 1.01. The van der Waals surface area contributed by atoms with Crippen molar-refractivity contribution in [2.24, 2.45) is 5.10 Å². The van der Waals surface area contributed by atoms with Gasteiger partial charge in [0.2, 0.25) is 5.71 Å². The number of benzene rings is 2. The highest BCUT2D eigenvalue weighted by molar-refractivity contribution is 6.47. The Hall–Kier alpha value is -3.99. The molecule has 0 unspecified atom stereocenters. The third kappa shape index (κ3) is 3.82. The van der Waals surface area contributed by atoms with E-state index in [9.17, 15) is 14.9 Å². The normalized spacial score (nSPS) is 11.1. The van der Waals surface area contributed by atoms with Gasteiger partial charge >= 0.3 is 5.91 Å². The Balaban J connectivity index is 1.90. The van der Waals surface area contributed by atoms with Gasteiger partial charge in [0.1, 0.15) is 11.9 Å². The molecule has 2 N–H and O–H groups in total. The van der Waals surface area contributed by atoms with E-state index < -0.39 is 17.2 Å². The van der Waals surface area contributed by atoms with Crippen LogP contribution >= 0.6 is 0 Å². The van der Waals surface area contributed by atoms with E-state index in [1.807, 2.05) is 19.1 Å². The maximum absolute atomic E-state index is 12.7. The summed E-state index contributed by atoms with van der Waals surface area (Å²) >= 11 is 0. The number of nitrogens with one attached hydrogen (secondary N) is 2. The summed E-state index contributed by atoms with van der Waals surface area (Å²) in [4.78, 5) is 29.4. The zero-order valence-corrected chi connectivity index (χ0v) is 14.7. The number of rotatable bonds is 4. The third-order valence-electron chi connectivity index (χ3n) is 3.80. The molecule has 1 heterocycles. The van der Waals surface area contributed by atoms with E-state index in [1.54, 1.807) is 49.4 Å². The Morgan fingerprint density at radius 1 is 1.19 bits per heavy atom. The minimum absolute atomic E-state index is 0.290. The number of hydrogen-bond acceptors (Lipinski definition) is 6. The van der Waals surface area contributed by atoms with Gasteiger partial charge in [0, 0.05) is 0 Å². The van der Waals surface area contributed by atoms with Crippen molar-refractivity contribution in [3.05, 3.63) is 70.3 Å². The van der Waals surface area contributed by atoms with Gasteiger partial charge in [-0.3, -0.25) is 20.4 Å². The van der Waals surface area contributed by atoms with Crippen molar-refractivity contribution in [2.45, 2.75) is 13.8 Å². The van der Waals surface area contributed by atoms with E-state index in [0.717, 1.165) is 10.2 Å². The molecule has 8 heteroatoms. The molecule has 27 heavy (non-hydrogen) atoms. The smallest absolute Gasteiger partial charge is 0.277 e. The summed E-state index contributed by atoms with van der Waals surface area (Å²) in [5.41, 5.74) is 6.22. The third-order valence-corrected chi connectivity index (χ3v) is 3.80. The Morgan fingerprint density at radius 2 is 1.93 bits per heavy atom. The molecule has 0 saturated carbocycles. The first-order valence-electron chi connectivity index (χ1n) is 8.10. The molecule has 0 aliphatic carbocycles. The minimum atomic E-state index is -0.820. The molecule has 3 aromatic rings. The molecule has 0 aliphatic rings. The van der Waals surface area contributed by atoms with Crippen molar-refractivity contribution in [1.82, 2.24) is 9.66 Å². The SMILES string of the molecule is Cc1ccc2nc(C)n(NC(=O)/C(C#N)=N/Nc3ccccc3)c(=O)c2c1. The number of fused-ring (bicyclic) bond motifs is 1. The molecule has 3 rings (SSSR count). The van der Waals surface area contributed by atoms with E-state index >= 15 is 0 Å². The average molecular weight is 360 g/mol. The van der Waals surface area contributed by atoms with Crippen molar-refractivity contribution in [3.63, 3.8) is 0 Å². The summed E-state index contributed by atoms with van der Waals surface area (Å²) in [5, 5.41) is 13.4. The van der Waals surface area contributed by atoms with Crippen LogP contribution in [0.1, 0.15) is 11.4 Å². The van der Waals surface area contributed by atoms with Crippen LogP contribution in [0.2, 0.25) is 0 Å². The molecule has 1 amide bonds. The number of aromatic nitrogens is 2. The number of para-hydroxylation sites is 1. The number of carbonyl (C=O) groups is 1. The van der Waals surface area contributed by atoms with Crippen LogP contribution in [-0.4, -0.2) is 21.3 Å². The highest BCUT2D eigenvalue weighted by Crippen LogP contribution is 2.10. The Bertz CT molecular complexity index is 1140. The first kappa shape index (κ1) is 17.8. The molecule has 0 spiro atoms. The fraction of sp³-hybridized carbons (Fsp3) is 0.105. The Kier molecular flexibility index (Phi) is 4.95. The molecule has 1 aromatic heterocycles. The van der Waals surface area contributed by atoms with Gasteiger partial charge in [-0.1, -0.05) is 29.8 Å². The van der Waals surface area contributed by atoms with E-state index in [1.165, 1.54) is 0 Å². The average Bonchev–Trinajstić information content (AvgIpc) is 2.67. The van der Waals surface area contributed by atoms with Crippen LogP contribution in [0, 0.1) is 25.2 Å². The molecule has 0 aliphatic heterocycles. The number of aryl methyl sites for hydroxylation is 2. The van der Waals surface area contributed by atoms with Gasteiger partial charge in [0.25, 0.3) is 5.56 Å². The molecule has 8 nitrogen and oxygen atoms in total. The van der Waals surface area contributed by atoms with Gasteiger partial charge in [-0.25, -0.2) is 9.66 Å². The van der Waals surface area contributed by atoms with Crippen LogP contribution in [-0.2, 0) is 4.79 Å². The second-order valence-corrected chi connectivity index (χ2v) is 5.81. The van der Waals surface area contributed by atoms with Crippen molar-refractivity contribution in [3.8, 4) is 6.07 Å². The van der Waals surface area contributed by atoms with Crippen LogP contribution in [0.4, 0.5) is 5.69 Å². The van der Waals surface area contributed by atoms with E-state index in [-0.39, 0.29) is 5.82 Å². The van der Waals surface area contributed by atoms with Gasteiger partial charge in [0.15, 0.2) is 0 Å². The van der Waals surface area contributed by atoms with Crippen LogP contribution in [0.25, 0.3) is 10.9 Å². The molecular formula is C19H16N6O2. The van der Waals surface area contributed by atoms with Gasteiger partial charge in [-0.05, 0) is 38.1 Å². The molecular weight excluding hydrogens is 344 g/mol. The molecule has 0 atom stereocenters. The van der Waals surface area contributed by atoms with E-state index in [4.69, 9.17) is 0 Å². The largest absolute Gasteiger partial charge is 0.301 e. The number of amides is 1. The van der Waals surface area contributed by atoms with E-state index in [0.29, 0.717) is 16.6 Å². The highest BCUT2D eigenvalue weighted by atomic mass is 16.2. The lowest BCUT2D eigenvalue weighted by molar-refractivity contribution is -0.111. The summed E-state index contributed by atoms with van der Waals surface area (Å²) in [5.74, 6) is -0.530. The number of carbonyl (C=O) groups excluding carboxylic acids is 1. The maximum Gasteiger partial charge on any atom is 0.301 e. The predicted molar refractivity (Wildman–Crippen MR) is 103 cm³/mol. The predicted octanol–water partition coefficient (Wildman–Crippen LogP) is 2.08. The van der Waals surface area contributed by atoms with Crippen LogP contribution < -0.4 is 16.4 Å². The summed E-state index contributed by atoms with van der Waals surface area (Å²) in [7, 11) is 0. The number of nitriles is 1. The first-order valence-corrected chi connectivity index (χ1v) is 8.10. The summed E-state index contributed by atoms with van der Waals surface area (Å²) in [6.07, 6.45) is 0. The highest BCUT2D eigenvalue weighted by Gasteiger charge is 2.15. The fourth-order valence-electron chi connectivity index (χ4n) is 2.46. The second-order valence-electron chi connectivity index (χ2n) is 5.81. The zero-order valence-electron chi connectivity index (χ0n) is 14.7. The second kappa shape index (κ2) is 7.49. The molecule has 0 radical (unpaired) electrons. The lowest BCUT2D eigenvalue weighted by Gasteiger charge is -2.11. The lowest BCUT2D eigenvalue weighted by atomic mass is 10.2. The molecule has 0 fully saturated rings. The van der Waals surface area contributed by atoms with Crippen molar-refractivity contribution in [1.29, 1.82) is 5.26 Å². The van der Waals surface area contributed by atoms with Crippen LogP contribution in [0.3, 0.4) is 0 Å². The summed E-state index contributed by atoms with van der Waals surface area (Å²) in [6.45, 7) is 3.45.